The summed E-state index contributed by atoms with van der Waals surface area (Å²) >= 11 is 0. The highest BCUT2D eigenvalue weighted by molar-refractivity contribution is 5.50. The molecule has 2 rings (SSSR count). The fourth-order valence-electron chi connectivity index (χ4n) is 2.02. The molecule has 0 amide bonds. The van der Waals surface area contributed by atoms with Crippen molar-refractivity contribution in [2.24, 2.45) is 0 Å². The number of hydrogen-bond donors (Lipinski definition) is 1. The molecule has 6 heteroatoms. The molecule has 0 atom stereocenters. The number of nitrogens with two attached hydrogens (primary N) is 1. The van der Waals surface area contributed by atoms with Crippen molar-refractivity contribution in [3.63, 3.8) is 0 Å². The molecule has 6 nitrogen and oxygen atoms in total. The van der Waals surface area contributed by atoms with E-state index in [4.69, 9.17) is 15.2 Å². The number of nitro benzene ring substituents is 1. The second kappa shape index (κ2) is 11.0. The minimum atomic E-state index is -0.395. The molecule has 0 saturated heterocycles. The summed E-state index contributed by atoms with van der Waals surface area (Å²) in [5.41, 5.74) is 8.37. The van der Waals surface area contributed by atoms with Crippen LogP contribution in [0.1, 0.15) is 37.8 Å². The molecule has 2 aromatic rings. The lowest BCUT2D eigenvalue weighted by Gasteiger charge is -2.06. The summed E-state index contributed by atoms with van der Waals surface area (Å²) in [6, 6.07) is 10.7. The van der Waals surface area contributed by atoms with E-state index in [1.807, 2.05) is 32.0 Å². The Labute approximate surface area is 155 Å². The second-order valence-corrected chi connectivity index (χ2v) is 5.92. The Morgan fingerprint density at radius 1 is 0.923 bits per heavy atom. The molecule has 2 aromatic carbocycles. The number of nitrogen functional groups attached to an aromatic ring is 1. The highest BCUT2D eigenvalue weighted by Crippen LogP contribution is 2.23. The normalized spacial score (nSPS) is 9.85. The number of aryl methyl sites for hydroxylation is 2. The SMILES string of the molecule is CCCOc1ccc(C)c(N)c1.CCCOc1ccc(C)c([N+](=O)[O-])c1. The van der Waals surface area contributed by atoms with E-state index in [2.05, 4.69) is 6.92 Å². The van der Waals surface area contributed by atoms with Crippen molar-refractivity contribution in [3.8, 4) is 11.5 Å². The minimum absolute atomic E-state index is 0.110. The maximum Gasteiger partial charge on any atom is 0.275 e. The Balaban J connectivity index is 0.000000263. The lowest BCUT2D eigenvalue weighted by molar-refractivity contribution is -0.385. The van der Waals surface area contributed by atoms with Crippen molar-refractivity contribution in [1.82, 2.24) is 0 Å². The summed E-state index contributed by atoms with van der Waals surface area (Å²) in [4.78, 5) is 10.2. The Kier molecular flexibility index (Phi) is 8.98. The molecule has 0 unspecified atom stereocenters. The lowest BCUT2D eigenvalue weighted by Crippen LogP contribution is -1.97. The van der Waals surface area contributed by atoms with Crippen LogP contribution in [0.15, 0.2) is 36.4 Å². The summed E-state index contributed by atoms with van der Waals surface area (Å²) in [7, 11) is 0. The summed E-state index contributed by atoms with van der Waals surface area (Å²) in [6.07, 6.45) is 1.91. The number of rotatable bonds is 7. The van der Waals surface area contributed by atoms with Gasteiger partial charge in [0.25, 0.3) is 5.69 Å². The average Bonchev–Trinajstić information content (AvgIpc) is 2.62. The zero-order chi connectivity index (χ0) is 19.5. The first-order chi connectivity index (χ1) is 12.4. The molecule has 0 aliphatic heterocycles. The van der Waals surface area contributed by atoms with Gasteiger partial charge >= 0.3 is 0 Å². The summed E-state index contributed by atoms with van der Waals surface area (Å²) in [5.74, 6) is 1.42. The topological polar surface area (TPSA) is 87.6 Å². The first-order valence-corrected chi connectivity index (χ1v) is 8.75. The highest BCUT2D eigenvalue weighted by atomic mass is 16.6. The third-order valence-electron chi connectivity index (χ3n) is 3.57. The number of ether oxygens (including phenoxy) is 2. The third kappa shape index (κ3) is 7.01. The standard InChI is InChI=1S/C10H13NO3.C10H15NO/c1-3-6-14-9-5-4-8(2)10(7-9)11(12)13;1-3-6-12-9-5-4-8(2)10(11)7-9/h4-5,7H,3,6H2,1-2H3;4-5,7H,3,6,11H2,1-2H3. The monoisotopic (exact) mass is 360 g/mol. The van der Waals surface area contributed by atoms with Crippen LogP contribution < -0.4 is 15.2 Å². The van der Waals surface area contributed by atoms with Gasteiger partial charge in [-0.1, -0.05) is 19.9 Å². The van der Waals surface area contributed by atoms with Gasteiger partial charge in [-0.3, -0.25) is 10.1 Å². The summed E-state index contributed by atoms with van der Waals surface area (Å²) in [5, 5.41) is 10.6. The quantitative estimate of drug-likeness (QED) is 0.424. The highest BCUT2D eigenvalue weighted by Gasteiger charge is 2.11. The van der Waals surface area contributed by atoms with Gasteiger partial charge in [0.05, 0.1) is 24.2 Å². The predicted octanol–water partition coefficient (Wildman–Crippen LogP) is 5.06. The van der Waals surface area contributed by atoms with E-state index < -0.39 is 4.92 Å². The predicted molar refractivity (Wildman–Crippen MR) is 105 cm³/mol. The molecule has 0 bridgehead atoms. The molecule has 26 heavy (non-hydrogen) atoms. The van der Waals surface area contributed by atoms with Crippen molar-refractivity contribution < 1.29 is 14.4 Å². The van der Waals surface area contributed by atoms with Crippen LogP contribution in [0.2, 0.25) is 0 Å². The van der Waals surface area contributed by atoms with Gasteiger partial charge < -0.3 is 15.2 Å². The van der Waals surface area contributed by atoms with Crippen LogP contribution in [0.5, 0.6) is 11.5 Å². The second-order valence-electron chi connectivity index (χ2n) is 5.92. The van der Waals surface area contributed by atoms with Crippen molar-refractivity contribution in [2.45, 2.75) is 40.5 Å². The maximum absolute atomic E-state index is 10.6. The van der Waals surface area contributed by atoms with Gasteiger partial charge in [0.2, 0.25) is 0 Å². The van der Waals surface area contributed by atoms with E-state index in [0.29, 0.717) is 17.9 Å². The number of anilines is 1. The fourth-order valence-corrected chi connectivity index (χ4v) is 2.02. The van der Waals surface area contributed by atoms with Gasteiger partial charge in [0, 0.05) is 17.3 Å². The van der Waals surface area contributed by atoms with E-state index in [-0.39, 0.29) is 5.69 Å². The van der Waals surface area contributed by atoms with Crippen LogP contribution in [0.4, 0.5) is 11.4 Å². The number of benzene rings is 2. The fraction of sp³-hybridized carbons (Fsp3) is 0.400. The minimum Gasteiger partial charge on any atom is -0.494 e. The first-order valence-electron chi connectivity index (χ1n) is 8.75. The van der Waals surface area contributed by atoms with Crippen LogP contribution in [0.25, 0.3) is 0 Å². The van der Waals surface area contributed by atoms with E-state index in [1.165, 1.54) is 6.07 Å². The van der Waals surface area contributed by atoms with Crippen LogP contribution >= 0.6 is 0 Å². The lowest BCUT2D eigenvalue weighted by atomic mass is 10.2. The van der Waals surface area contributed by atoms with Crippen LogP contribution in [-0.4, -0.2) is 18.1 Å². The molecule has 0 radical (unpaired) electrons. The molecule has 0 fully saturated rings. The van der Waals surface area contributed by atoms with Gasteiger partial charge in [-0.05, 0) is 50.5 Å². The molecule has 0 saturated carbocycles. The van der Waals surface area contributed by atoms with Crippen LogP contribution in [0, 0.1) is 24.0 Å². The number of hydrogen-bond acceptors (Lipinski definition) is 5. The van der Waals surface area contributed by atoms with E-state index in [9.17, 15) is 10.1 Å². The Morgan fingerprint density at radius 2 is 1.42 bits per heavy atom. The van der Waals surface area contributed by atoms with E-state index in [0.717, 1.165) is 36.4 Å². The molecule has 0 spiro atoms. The molecule has 0 aliphatic rings. The van der Waals surface area contributed by atoms with Crippen LogP contribution in [-0.2, 0) is 0 Å². The first kappa shape index (κ1) is 21.3. The Bertz CT molecular complexity index is 717. The average molecular weight is 360 g/mol. The molecular weight excluding hydrogens is 332 g/mol. The van der Waals surface area contributed by atoms with Gasteiger partial charge in [-0.2, -0.15) is 0 Å². The largest absolute Gasteiger partial charge is 0.494 e. The third-order valence-corrected chi connectivity index (χ3v) is 3.57. The molecule has 2 N–H and O–H groups in total. The van der Waals surface area contributed by atoms with E-state index >= 15 is 0 Å². The van der Waals surface area contributed by atoms with Crippen molar-refractivity contribution in [2.75, 3.05) is 18.9 Å². The van der Waals surface area contributed by atoms with E-state index in [1.54, 1.807) is 19.1 Å². The van der Waals surface area contributed by atoms with Gasteiger partial charge in [-0.25, -0.2) is 0 Å². The van der Waals surface area contributed by atoms with Gasteiger partial charge in [0.1, 0.15) is 11.5 Å². The maximum atomic E-state index is 10.6. The number of nitrogens with zero attached hydrogens (tertiary/aromatic N) is 1. The molecule has 0 aliphatic carbocycles. The van der Waals surface area contributed by atoms with Gasteiger partial charge in [-0.15, -0.1) is 0 Å². The summed E-state index contributed by atoms with van der Waals surface area (Å²) in [6.45, 7) is 9.10. The molecule has 142 valence electrons. The van der Waals surface area contributed by atoms with Gasteiger partial charge in [0.15, 0.2) is 0 Å². The molecule has 0 aromatic heterocycles. The molecular formula is C20H28N2O4. The smallest absolute Gasteiger partial charge is 0.275 e. The van der Waals surface area contributed by atoms with Crippen molar-refractivity contribution in [3.05, 3.63) is 57.6 Å². The van der Waals surface area contributed by atoms with Crippen molar-refractivity contribution >= 4 is 11.4 Å². The number of nitro groups is 1. The van der Waals surface area contributed by atoms with Crippen LogP contribution in [0.3, 0.4) is 0 Å². The Morgan fingerprint density at radius 3 is 1.88 bits per heavy atom. The zero-order valence-electron chi connectivity index (χ0n) is 16.0. The van der Waals surface area contributed by atoms with Crippen molar-refractivity contribution in [1.29, 1.82) is 0 Å². The molecule has 0 heterocycles. The zero-order valence-corrected chi connectivity index (χ0v) is 16.0. The summed E-state index contributed by atoms with van der Waals surface area (Å²) < 4.78 is 10.7. The Hall–Kier alpha value is -2.76.